The lowest BCUT2D eigenvalue weighted by Gasteiger charge is -2.33. The van der Waals surface area contributed by atoms with E-state index in [1.54, 1.807) is 0 Å². The maximum atomic E-state index is 13.4. The molecule has 0 amide bonds. The number of carboxylic acid groups (broad SMARTS) is 1. The van der Waals surface area contributed by atoms with Crippen LogP contribution in [0, 0.1) is 23.1 Å². The van der Waals surface area contributed by atoms with Gasteiger partial charge in [0, 0.05) is 5.92 Å². The third-order valence-electron chi connectivity index (χ3n) is 4.91. The molecule has 1 aliphatic carbocycles. The zero-order valence-corrected chi connectivity index (χ0v) is 12.7. The van der Waals surface area contributed by atoms with Crippen molar-refractivity contribution in [3.63, 3.8) is 0 Å². The zero-order chi connectivity index (χ0) is 16.9. The smallest absolute Gasteiger partial charge is 0.394 e. The number of carbonyl (C=O) groups is 1. The van der Waals surface area contributed by atoms with Crippen molar-refractivity contribution >= 4 is 17.6 Å². The number of alkyl halides is 3. The highest BCUT2D eigenvalue weighted by Crippen LogP contribution is 2.61. The van der Waals surface area contributed by atoms with Crippen molar-refractivity contribution in [2.24, 2.45) is 17.3 Å². The number of hydrogen-bond acceptors (Lipinski definition) is 1. The van der Waals surface area contributed by atoms with Crippen LogP contribution in [-0.2, 0) is 4.79 Å². The van der Waals surface area contributed by atoms with E-state index in [0.29, 0.717) is 5.56 Å². The molecule has 1 N–H and O–H groups in total. The first-order valence-electron chi connectivity index (χ1n) is 6.73. The molecule has 122 valence electrons. The standard InChI is InChI=1S/C15H15ClF4O2/c1-7-12(8-3-4-11(17)10(16)5-8)9(13(21)22)6-14(7,2)15(18,19)20/h3-5,7,9,12H,6H2,1-2H3,(H,21,22)/t7-,9-,12-,14+/m0/s1. The third-order valence-corrected chi connectivity index (χ3v) is 5.20. The summed E-state index contributed by atoms with van der Waals surface area (Å²) in [6.07, 6.45) is -5.02. The van der Waals surface area contributed by atoms with Crippen LogP contribution in [0.3, 0.4) is 0 Å². The predicted octanol–water partition coefficient (Wildman–Crippen LogP) is 4.87. The van der Waals surface area contributed by atoms with Crippen LogP contribution >= 0.6 is 11.6 Å². The van der Waals surface area contributed by atoms with Crippen molar-refractivity contribution in [2.75, 3.05) is 0 Å². The molecule has 0 aliphatic heterocycles. The molecule has 0 aromatic heterocycles. The van der Waals surface area contributed by atoms with E-state index in [1.165, 1.54) is 19.1 Å². The first-order valence-corrected chi connectivity index (χ1v) is 7.11. The average molecular weight is 339 g/mol. The first kappa shape index (κ1) is 17.1. The molecule has 4 atom stereocenters. The molecule has 1 aromatic carbocycles. The van der Waals surface area contributed by atoms with Crippen LogP contribution in [0.25, 0.3) is 0 Å². The molecule has 0 bridgehead atoms. The van der Waals surface area contributed by atoms with E-state index in [9.17, 15) is 27.5 Å². The summed E-state index contributed by atoms with van der Waals surface area (Å²) in [7, 11) is 0. The van der Waals surface area contributed by atoms with Crippen molar-refractivity contribution in [2.45, 2.75) is 32.4 Å². The molecule has 1 fully saturated rings. The average Bonchev–Trinajstić information content (AvgIpc) is 2.67. The maximum Gasteiger partial charge on any atom is 0.394 e. The van der Waals surface area contributed by atoms with E-state index in [-0.39, 0.29) is 5.02 Å². The molecule has 1 saturated carbocycles. The Balaban J connectivity index is 2.52. The summed E-state index contributed by atoms with van der Waals surface area (Å²) < 4.78 is 53.4. The molecule has 22 heavy (non-hydrogen) atoms. The van der Waals surface area contributed by atoms with E-state index < -0.39 is 47.6 Å². The van der Waals surface area contributed by atoms with Crippen LogP contribution < -0.4 is 0 Å². The molecular weight excluding hydrogens is 324 g/mol. The summed E-state index contributed by atoms with van der Waals surface area (Å²) in [5.41, 5.74) is -1.79. The van der Waals surface area contributed by atoms with Crippen molar-refractivity contribution in [1.82, 2.24) is 0 Å². The van der Waals surface area contributed by atoms with E-state index in [0.717, 1.165) is 13.0 Å². The Morgan fingerprint density at radius 2 is 2.00 bits per heavy atom. The fraction of sp³-hybridized carbons (Fsp3) is 0.533. The SMILES string of the molecule is C[C@H]1[C@@H](c2ccc(F)c(Cl)c2)[C@@H](C(=O)O)C[C@@]1(C)C(F)(F)F. The fourth-order valence-electron chi connectivity index (χ4n) is 3.37. The second-order valence-electron chi connectivity index (χ2n) is 6.05. The Kier molecular flexibility index (Phi) is 4.19. The van der Waals surface area contributed by atoms with Crippen molar-refractivity contribution in [1.29, 1.82) is 0 Å². The Bertz CT molecular complexity index is 602. The van der Waals surface area contributed by atoms with Crippen LogP contribution in [0.15, 0.2) is 18.2 Å². The molecular formula is C15H15ClF4O2. The van der Waals surface area contributed by atoms with Gasteiger partial charge in [0.15, 0.2) is 0 Å². The molecule has 0 heterocycles. The lowest BCUT2D eigenvalue weighted by Crippen LogP contribution is -2.38. The monoisotopic (exact) mass is 338 g/mol. The Morgan fingerprint density at radius 3 is 2.45 bits per heavy atom. The second kappa shape index (κ2) is 5.41. The number of benzene rings is 1. The van der Waals surface area contributed by atoms with E-state index in [4.69, 9.17) is 11.6 Å². The summed E-state index contributed by atoms with van der Waals surface area (Å²) in [6, 6.07) is 3.57. The quantitative estimate of drug-likeness (QED) is 0.781. The molecule has 0 spiro atoms. The molecule has 0 saturated heterocycles. The number of carboxylic acids is 1. The topological polar surface area (TPSA) is 37.3 Å². The minimum atomic E-state index is -4.52. The summed E-state index contributed by atoms with van der Waals surface area (Å²) in [6.45, 7) is 2.43. The Hall–Kier alpha value is -1.30. The highest BCUT2D eigenvalue weighted by molar-refractivity contribution is 6.30. The van der Waals surface area contributed by atoms with Crippen LogP contribution in [0.1, 0.15) is 31.7 Å². The lowest BCUT2D eigenvalue weighted by atomic mass is 9.75. The third kappa shape index (κ3) is 2.57. The van der Waals surface area contributed by atoms with E-state index in [2.05, 4.69) is 0 Å². The van der Waals surface area contributed by atoms with Crippen molar-refractivity contribution in [3.05, 3.63) is 34.6 Å². The molecule has 2 rings (SSSR count). The molecule has 1 aliphatic rings. The summed E-state index contributed by atoms with van der Waals surface area (Å²) >= 11 is 5.68. The fourth-order valence-corrected chi connectivity index (χ4v) is 3.56. The van der Waals surface area contributed by atoms with Gasteiger partial charge in [0.2, 0.25) is 0 Å². The summed E-state index contributed by atoms with van der Waals surface area (Å²) in [5, 5.41) is 9.08. The number of aliphatic carboxylic acids is 1. The summed E-state index contributed by atoms with van der Waals surface area (Å²) in [4.78, 5) is 11.4. The molecule has 0 unspecified atom stereocenters. The largest absolute Gasteiger partial charge is 0.481 e. The first-order chi connectivity index (χ1) is 9.99. The summed E-state index contributed by atoms with van der Waals surface area (Å²) in [5.74, 6) is -5.01. The maximum absolute atomic E-state index is 13.4. The highest BCUT2D eigenvalue weighted by atomic mass is 35.5. The zero-order valence-electron chi connectivity index (χ0n) is 11.9. The van der Waals surface area contributed by atoms with Gasteiger partial charge in [-0.1, -0.05) is 31.5 Å². The molecule has 1 aromatic rings. The van der Waals surface area contributed by atoms with Gasteiger partial charge in [-0.3, -0.25) is 4.79 Å². The van der Waals surface area contributed by atoms with E-state index >= 15 is 0 Å². The van der Waals surface area contributed by atoms with Crippen molar-refractivity contribution in [3.8, 4) is 0 Å². The molecule has 0 radical (unpaired) electrons. The van der Waals surface area contributed by atoms with Gasteiger partial charge in [-0.25, -0.2) is 4.39 Å². The van der Waals surface area contributed by atoms with E-state index in [1.807, 2.05) is 0 Å². The van der Waals surface area contributed by atoms with Gasteiger partial charge >= 0.3 is 12.1 Å². The van der Waals surface area contributed by atoms with Crippen LogP contribution in [0.2, 0.25) is 5.02 Å². The van der Waals surface area contributed by atoms with Crippen LogP contribution in [-0.4, -0.2) is 17.3 Å². The Morgan fingerprint density at radius 1 is 1.41 bits per heavy atom. The predicted molar refractivity (Wildman–Crippen MR) is 73.2 cm³/mol. The van der Waals surface area contributed by atoms with Crippen LogP contribution in [0.5, 0.6) is 0 Å². The van der Waals surface area contributed by atoms with Gasteiger partial charge in [-0.2, -0.15) is 13.2 Å². The Labute approximate surface area is 130 Å². The van der Waals surface area contributed by atoms with Gasteiger partial charge in [0.1, 0.15) is 5.82 Å². The minimum Gasteiger partial charge on any atom is -0.481 e. The second-order valence-corrected chi connectivity index (χ2v) is 6.46. The minimum absolute atomic E-state index is 0.227. The van der Waals surface area contributed by atoms with Gasteiger partial charge in [0.25, 0.3) is 0 Å². The van der Waals surface area contributed by atoms with Gasteiger partial charge in [-0.15, -0.1) is 0 Å². The lowest BCUT2D eigenvalue weighted by molar-refractivity contribution is -0.229. The number of hydrogen-bond donors (Lipinski definition) is 1. The van der Waals surface area contributed by atoms with Gasteiger partial charge in [0.05, 0.1) is 16.4 Å². The van der Waals surface area contributed by atoms with Gasteiger partial charge in [-0.05, 0) is 30.0 Å². The van der Waals surface area contributed by atoms with Gasteiger partial charge < -0.3 is 5.11 Å². The van der Waals surface area contributed by atoms with Crippen LogP contribution in [0.4, 0.5) is 17.6 Å². The molecule has 2 nitrogen and oxygen atoms in total. The highest BCUT2D eigenvalue weighted by Gasteiger charge is 2.63. The molecule has 7 heteroatoms. The normalized spacial score (nSPS) is 32.2. The van der Waals surface area contributed by atoms with Crippen molar-refractivity contribution < 1.29 is 27.5 Å². The number of rotatable bonds is 2. The number of halogens is 5.